The summed E-state index contributed by atoms with van der Waals surface area (Å²) in [6.45, 7) is 12.8. The van der Waals surface area contributed by atoms with Crippen LogP contribution in [0, 0.1) is 0 Å². The SMILES string of the molecule is CC(C)(C)c1cc(C(C)(C)C)c(O)c(-c2nc3c(-c4cccc(-c5cc(-c6ccc(-c7ccccc7)cc6)ccn5)c4)ccnc3n2-c2ccccc2-c2ccccc2)n1. The Kier molecular flexibility index (Phi) is 9.72. The predicted molar refractivity (Wildman–Crippen MR) is 246 cm³/mol. The standard InChI is InChI=1S/C54H47N5O/c1-53(2,3)44-34-47(54(4,5)6)57-49(50(44)60)52-58-48-43(29-31-56-51(48)59(52)46-23-14-13-22-42(46)38-18-11-8-12-19-38)40-20-15-21-41(32-40)45-33-39(28-30-55-45)37-26-24-36(25-27-37)35-16-9-7-10-17-35/h7-34,60H,1-6H3. The molecule has 0 amide bonds. The second-order valence-electron chi connectivity index (χ2n) is 17.4. The molecule has 6 nitrogen and oxygen atoms in total. The fourth-order valence-electron chi connectivity index (χ4n) is 7.87. The number of aromatic nitrogens is 5. The Morgan fingerprint density at radius 1 is 0.467 bits per heavy atom. The van der Waals surface area contributed by atoms with Crippen molar-refractivity contribution in [1.82, 2.24) is 24.5 Å². The summed E-state index contributed by atoms with van der Waals surface area (Å²) < 4.78 is 2.07. The van der Waals surface area contributed by atoms with Gasteiger partial charge in [0.05, 0.1) is 11.4 Å². The number of rotatable bonds is 7. The van der Waals surface area contributed by atoms with Gasteiger partial charge in [0.2, 0.25) is 0 Å². The third kappa shape index (κ3) is 7.26. The van der Waals surface area contributed by atoms with E-state index in [0.29, 0.717) is 22.7 Å². The van der Waals surface area contributed by atoms with Crippen LogP contribution >= 0.6 is 0 Å². The maximum Gasteiger partial charge on any atom is 0.169 e. The zero-order chi connectivity index (χ0) is 41.6. The molecule has 9 aromatic rings. The Labute approximate surface area is 352 Å². The van der Waals surface area contributed by atoms with E-state index in [1.54, 1.807) is 0 Å². The number of fused-ring (bicyclic) bond motifs is 1. The first-order valence-electron chi connectivity index (χ1n) is 20.4. The number of para-hydroxylation sites is 1. The molecule has 6 heteroatoms. The van der Waals surface area contributed by atoms with Crippen LogP contribution in [0.2, 0.25) is 0 Å². The van der Waals surface area contributed by atoms with Crippen molar-refractivity contribution in [2.75, 3.05) is 0 Å². The smallest absolute Gasteiger partial charge is 0.169 e. The number of imidazole rings is 1. The summed E-state index contributed by atoms with van der Waals surface area (Å²) in [6, 6.07) is 54.4. The Balaban J connectivity index is 1.21. The summed E-state index contributed by atoms with van der Waals surface area (Å²) in [6.07, 6.45) is 3.72. The minimum absolute atomic E-state index is 0.119. The monoisotopic (exact) mass is 781 g/mol. The van der Waals surface area contributed by atoms with E-state index >= 15 is 0 Å². The van der Waals surface area contributed by atoms with E-state index in [1.807, 2.05) is 60.9 Å². The van der Waals surface area contributed by atoms with Gasteiger partial charge in [-0.2, -0.15) is 0 Å². The Bertz CT molecular complexity index is 2990. The molecule has 294 valence electrons. The van der Waals surface area contributed by atoms with E-state index in [1.165, 1.54) is 11.1 Å². The van der Waals surface area contributed by atoms with Gasteiger partial charge in [-0.25, -0.2) is 15.0 Å². The minimum atomic E-state index is -0.360. The summed E-state index contributed by atoms with van der Waals surface area (Å²) >= 11 is 0. The number of hydrogen-bond acceptors (Lipinski definition) is 5. The molecule has 5 aromatic carbocycles. The highest BCUT2D eigenvalue weighted by molar-refractivity contribution is 5.95. The van der Waals surface area contributed by atoms with Crippen LogP contribution in [0.25, 0.3) is 84.1 Å². The van der Waals surface area contributed by atoms with E-state index in [2.05, 4.69) is 155 Å². The molecular formula is C54H47N5O. The molecule has 9 rings (SSSR count). The summed E-state index contributed by atoms with van der Waals surface area (Å²) in [7, 11) is 0. The van der Waals surface area contributed by atoms with Gasteiger partial charge in [0.1, 0.15) is 17.0 Å². The van der Waals surface area contributed by atoms with Gasteiger partial charge in [-0.1, -0.05) is 163 Å². The first-order chi connectivity index (χ1) is 28.9. The second-order valence-corrected chi connectivity index (χ2v) is 17.4. The number of pyridine rings is 3. The van der Waals surface area contributed by atoms with Gasteiger partial charge in [0.15, 0.2) is 11.5 Å². The van der Waals surface area contributed by atoms with Crippen LogP contribution in [-0.2, 0) is 10.8 Å². The Hall–Kier alpha value is -7.18. The molecule has 0 atom stereocenters. The molecule has 0 aliphatic heterocycles. The lowest BCUT2D eigenvalue weighted by Gasteiger charge is -2.26. The topological polar surface area (TPSA) is 76.7 Å². The first kappa shape index (κ1) is 38.3. The quantitative estimate of drug-likeness (QED) is 0.174. The molecule has 4 aromatic heterocycles. The largest absolute Gasteiger partial charge is 0.505 e. The van der Waals surface area contributed by atoms with Gasteiger partial charge in [0, 0.05) is 45.8 Å². The highest BCUT2D eigenvalue weighted by Crippen LogP contribution is 2.43. The van der Waals surface area contributed by atoms with Gasteiger partial charge in [-0.3, -0.25) is 9.55 Å². The van der Waals surface area contributed by atoms with Gasteiger partial charge in [0.25, 0.3) is 0 Å². The van der Waals surface area contributed by atoms with E-state index in [4.69, 9.17) is 19.9 Å². The third-order valence-corrected chi connectivity index (χ3v) is 11.1. The number of hydrogen-bond donors (Lipinski definition) is 1. The van der Waals surface area contributed by atoms with Crippen LogP contribution < -0.4 is 0 Å². The summed E-state index contributed by atoms with van der Waals surface area (Å²) in [5, 5.41) is 12.2. The molecule has 0 saturated heterocycles. The molecule has 1 N–H and O–H groups in total. The lowest BCUT2D eigenvalue weighted by Crippen LogP contribution is -2.19. The molecule has 0 aliphatic rings. The minimum Gasteiger partial charge on any atom is -0.505 e. The van der Waals surface area contributed by atoms with E-state index in [-0.39, 0.29) is 16.6 Å². The zero-order valence-corrected chi connectivity index (χ0v) is 34.8. The maximum atomic E-state index is 12.2. The van der Waals surface area contributed by atoms with Crippen molar-refractivity contribution in [1.29, 1.82) is 0 Å². The van der Waals surface area contributed by atoms with Crippen LogP contribution in [-0.4, -0.2) is 29.6 Å². The van der Waals surface area contributed by atoms with Crippen molar-refractivity contribution in [3.63, 3.8) is 0 Å². The lowest BCUT2D eigenvalue weighted by atomic mass is 9.82. The normalized spacial score (nSPS) is 11.9. The zero-order valence-electron chi connectivity index (χ0n) is 34.8. The molecule has 60 heavy (non-hydrogen) atoms. The lowest BCUT2D eigenvalue weighted by molar-refractivity contribution is 0.441. The molecule has 0 spiro atoms. The van der Waals surface area contributed by atoms with Gasteiger partial charge >= 0.3 is 0 Å². The second kappa shape index (κ2) is 15.2. The van der Waals surface area contributed by atoms with Crippen LogP contribution in [0.1, 0.15) is 52.8 Å². The molecule has 0 unspecified atom stereocenters. The van der Waals surface area contributed by atoms with Gasteiger partial charge in [-0.15, -0.1) is 0 Å². The average Bonchev–Trinajstić information content (AvgIpc) is 3.66. The molecule has 0 aliphatic carbocycles. The predicted octanol–water partition coefficient (Wildman–Crippen LogP) is 13.5. The fraction of sp³-hybridized carbons (Fsp3) is 0.148. The van der Waals surface area contributed by atoms with Crippen molar-refractivity contribution in [2.24, 2.45) is 0 Å². The van der Waals surface area contributed by atoms with Crippen LogP contribution in [0.5, 0.6) is 5.75 Å². The summed E-state index contributed by atoms with van der Waals surface area (Å²) in [5.74, 6) is 0.639. The van der Waals surface area contributed by atoms with Gasteiger partial charge < -0.3 is 5.11 Å². The van der Waals surface area contributed by atoms with Crippen molar-refractivity contribution in [3.8, 4) is 78.7 Å². The third-order valence-electron chi connectivity index (χ3n) is 11.1. The Morgan fingerprint density at radius 3 is 1.77 bits per heavy atom. The molecule has 0 radical (unpaired) electrons. The van der Waals surface area contributed by atoms with Crippen LogP contribution in [0.4, 0.5) is 0 Å². The number of benzene rings is 5. The highest BCUT2D eigenvalue weighted by Gasteiger charge is 2.30. The van der Waals surface area contributed by atoms with Gasteiger partial charge in [-0.05, 0) is 75.2 Å². The first-order valence-corrected chi connectivity index (χ1v) is 20.4. The fourth-order valence-corrected chi connectivity index (χ4v) is 7.87. The van der Waals surface area contributed by atoms with E-state index in [0.717, 1.165) is 61.6 Å². The summed E-state index contributed by atoms with van der Waals surface area (Å²) in [5.41, 5.74) is 14.1. The summed E-state index contributed by atoms with van der Waals surface area (Å²) in [4.78, 5) is 20.5. The van der Waals surface area contributed by atoms with Crippen molar-refractivity contribution in [2.45, 2.75) is 52.4 Å². The molecule has 4 heterocycles. The van der Waals surface area contributed by atoms with E-state index < -0.39 is 0 Å². The number of aromatic hydroxyl groups is 1. The molecule has 0 saturated carbocycles. The van der Waals surface area contributed by atoms with Crippen molar-refractivity contribution < 1.29 is 5.11 Å². The molecule has 0 bridgehead atoms. The molecular weight excluding hydrogens is 735 g/mol. The van der Waals surface area contributed by atoms with E-state index in [9.17, 15) is 5.11 Å². The average molecular weight is 782 g/mol. The highest BCUT2D eigenvalue weighted by atomic mass is 16.3. The molecule has 0 fully saturated rings. The maximum absolute atomic E-state index is 12.2. The number of nitrogens with zero attached hydrogens (tertiary/aromatic N) is 5. The van der Waals surface area contributed by atoms with Crippen molar-refractivity contribution in [3.05, 3.63) is 181 Å². The Morgan fingerprint density at radius 2 is 1.07 bits per heavy atom. The van der Waals surface area contributed by atoms with Crippen molar-refractivity contribution >= 4 is 11.2 Å². The van der Waals surface area contributed by atoms with Crippen LogP contribution in [0.3, 0.4) is 0 Å². The van der Waals surface area contributed by atoms with Crippen LogP contribution in [0.15, 0.2) is 170 Å².